The summed E-state index contributed by atoms with van der Waals surface area (Å²) in [5.41, 5.74) is 2.93. The molecule has 0 aliphatic carbocycles. The topological polar surface area (TPSA) is 0 Å². The average molecular weight is 264 g/mol. The molecule has 0 atom stereocenters. The normalized spacial score (nSPS) is 11.5. The van der Waals surface area contributed by atoms with Gasteiger partial charge in [0.25, 0.3) is 0 Å². The quantitative estimate of drug-likeness (QED) is 0.407. The first-order chi connectivity index (χ1) is 5.16. The highest BCUT2D eigenvalue weighted by Crippen LogP contribution is 2.06. The van der Waals surface area contributed by atoms with Crippen LogP contribution in [0.5, 0.6) is 0 Å². The third kappa shape index (κ3) is 8.11. The van der Waals surface area contributed by atoms with Gasteiger partial charge in [0.15, 0.2) is 0 Å². The van der Waals surface area contributed by atoms with Crippen LogP contribution in [-0.2, 0) is 0 Å². The zero-order valence-corrected chi connectivity index (χ0v) is 9.81. The molecule has 0 radical (unpaired) electrons. The Bertz CT molecular complexity index is 150. The van der Waals surface area contributed by atoms with E-state index in [0.717, 1.165) is 4.43 Å². The van der Waals surface area contributed by atoms with Crippen LogP contribution in [0.4, 0.5) is 0 Å². The molecule has 0 heterocycles. The zero-order chi connectivity index (χ0) is 8.69. The third-order valence-corrected chi connectivity index (χ3v) is 1.96. The van der Waals surface area contributed by atoms with Gasteiger partial charge in [-0.1, -0.05) is 45.9 Å². The minimum Gasteiger partial charge on any atom is -0.0856 e. The van der Waals surface area contributed by atoms with Crippen molar-refractivity contribution in [2.24, 2.45) is 0 Å². The molecule has 0 aliphatic heterocycles. The van der Waals surface area contributed by atoms with E-state index < -0.39 is 0 Å². The van der Waals surface area contributed by atoms with Crippen molar-refractivity contribution >= 4 is 22.6 Å². The van der Waals surface area contributed by atoms with Crippen LogP contribution in [0.3, 0.4) is 0 Å². The van der Waals surface area contributed by atoms with Crippen molar-refractivity contribution in [1.29, 1.82) is 0 Å². The van der Waals surface area contributed by atoms with Crippen molar-refractivity contribution in [3.63, 3.8) is 0 Å². The zero-order valence-electron chi connectivity index (χ0n) is 7.65. The molecule has 1 heteroatoms. The van der Waals surface area contributed by atoms with Crippen LogP contribution < -0.4 is 0 Å². The molecule has 0 aromatic rings. The summed E-state index contributed by atoms with van der Waals surface area (Å²) >= 11 is 2.38. The molecule has 0 saturated heterocycles. The molecule has 0 spiro atoms. The molecule has 0 unspecified atom stereocenters. The van der Waals surface area contributed by atoms with E-state index >= 15 is 0 Å². The van der Waals surface area contributed by atoms with Gasteiger partial charge in [0.05, 0.1) is 0 Å². The fraction of sp³-hybridized carbons (Fsp3) is 0.600. The maximum Gasteiger partial charge on any atom is 0.0178 e. The summed E-state index contributed by atoms with van der Waals surface area (Å²) in [5.74, 6) is 0. The Morgan fingerprint density at radius 3 is 2.27 bits per heavy atom. The smallest absolute Gasteiger partial charge is 0.0178 e. The lowest BCUT2D eigenvalue weighted by molar-refractivity contribution is 0.965. The average Bonchev–Trinajstić information content (AvgIpc) is 1.87. The minimum atomic E-state index is 1.14. The van der Waals surface area contributed by atoms with Gasteiger partial charge in [-0.15, -0.1) is 0 Å². The Hall–Kier alpha value is 0.210. The fourth-order valence-electron chi connectivity index (χ4n) is 0.822. The Balaban J connectivity index is 3.54. The second-order valence-electron chi connectivity index (χ2n) is 3.02. The third-order valence-electron chi connectivity index (χ3n) is 1.52. The highest BCUT2D eigenvalue weighted by Gasteiger charge is 1.86. The molecule has 0 bridgehead atoms. The van der Waals surface area contributed by atoms with Crippen LogP contribution >= 0.6 is 22.6 Å². The molecular formula is C10H17I. The van der Waals surface area contributed by atoms with Crippen molar-refractivity contribution in [3.05, 3.63) is 23.3 Å². The summed E-state index contributed by atoms with van der Waals surface area (Å²) in [6, 6.07) is 0. The van der Waals surface area contributed by atoms with Gasteiger partial charge in [0.2, 0.25) is 0 Å². The van der Waals surface area contributed by atoms with Gasteiger partial charge in [0.1, 0.15) is 0 Å². The molecule has 0 amide bonds. The van der Waals surface area contributed by atoms with E-state index in [2.05, 4.69) is 55.5 Å². The van der Waals surface area contributed by atoms with Crippen LogP contribution in [0.25, 0.3) is 0 Å². The standard InChI is InChI=1S/C10H17I/c1-9(2)5-4-6-10(3)7-8-11/h5,7H,4,6,8H2,1-3H3/b10-7+. The monoisotopic (exact) mass is 264 g/mol. The lowest BCUT2D eigenvalue weighted by Crippen LogP contribution is -1.77. The van der Waals surface area contributed by atoms with Crippen molar-refractivity contribution < 1.29 is 0 Å². The predicted molar refractivity (Wildman–Crippen MR) is 61.3 cm³/mol. The van der Waals surface area contributed by atoms with Crippen molar-refractivity contribution in [3.8, 4) is 0 Å². The number of rotatable bonds is 4. The highest BCUT2D eigenvalue weighted by molar-refractivity contribution is 14.1. The molecule has 0 N–H and O–H groups in total. The van der Waals surface area contributed by atoms with Gasteiger partial charge in [-0.3, -0.25) is 0 Å². The van der Waals surface area contributed by atoms with E-state index in [4.69, 9.17) is 0 Å². The Kier molecular flexibility index (Phi) is 7.02. The van der Waals surface area contributed by atoms with Gasteiger partial charge in [-0.25, -0.2) is 0 Å². The first-order valence-electron chi connectivity index (χ1n) is 4.01. The van der Waals surface area contributed by atoms with Crippen LogP contribution in [0, 0.1) is 0 Å². The number of halogens is 1. The maximum atomic E-state index is 2.38. The lowest BCUT2D eigenvalue weighted by Gasteiger charge is -1.96. The molecule has 0 saturated carbocycles. The summed E-state index contributed by atoms with van der Waals surface area (Å²) in [6.07, 6.45) is 7.00. The second-order valence-corrected chi connectivity index (χ2v) is 3.91. The first-order valence-corrected chi connectivity index (χ1v) is 5.54. The summed E-state index contributed by atoms with van der Waals surface area (Å²) in [6.45, 7) is 6.51. The number of alkyl halides is 1. The van der Waals surface area contributed by atoms with Gasteiger partial charge in [-0.2, -0.15) is 0 Å². The van der Waals surface area contributed by atoms with E-state index in [-0.39, 0.29) is 0 Å². The summed E-state index contributed by atoms with van der Waals surface area (Å²) in [5, 5.41) is 0. The number of hydrogen-bond donors (Lipinski definition) is 0. The number of hydrogen-bond acceptors (Lipinski definition) is 0. The van der Waals surface area contributed by atoms with E-state index in [9.17, 15) is 0 Å². The van der Waals surface area contributed by atoms with Gasteiger partial charge in [-0.05, 0) is 33.6 Å². The van der Waals surface area contributed by atoms with E-state index in [1.54, 1.807) is 0 Å². The van der Waals surface area contributed by atoms with E-state index in [1.807, 2.05) is 0 Å². The number of allylic oxidation sites excluding steroid dienone is 4. The Morgan fingerprint density at radius 1 is 1.18 bits per heavy atom. The summed E-state index contributed by atoms with van der Waals surface area (Å²) in [4.78, 5) is 0. The van der Waals surface area contributed by atoms with Crippen molar-refractivity contribution in [2.45, 2.75) is 33.6 Å². The lowest BCUT2D eigenvalue weighted by atomic mass is 10.1. The van der Waals surface area contributed by atoms with Crippen LogP contribution in [0.15, 0.2) is 23.3 Å². The van der Waals surface area contributed by atoms with Crippen molar-refractivity contribution in [2.75, 3.05) is 4.43 Å². The maximum absolute atomic E-state index is 2.38. The SMILES string of the molecule is CC(C)=CCC/C(C)=C/CI. The molecule has 0 fully saturated rings. The van der Waals surface area contributed by atoms with Crippen molar-refractivity contribution in [1.82, 2.24) is 0 Å². The van der Waals surface area contributed by atoms with E-state index in [1.165, 1.54) is 24.0 Å². The van der Waals surface area contributed by atoms with Crippen LogP contribution in [0.1, 0.15) is 33.6 Å². The summed E-state index contributed by atoms with van der Waals surface area (Å²) in [7, 11) is 0. The van der Waals surface area contributed by atoms with Gasteiger partial charge >= 0.3 is 0 Å². The predicted octanol–water partition coefficient (Wildman–Crippen LogP) is 4.11. The van der Waals surface area contributed by atoms with Gasteiger partial charge in [0, 0.05) is 4.43 Å². The molecule has 11 heavy (non-hydrogen) atoms. The molecule has 0 aromatic heterocycles. The largest absolute Gasteiger partial charge is 0.0856 e. The fourth-order valence-corrected chi connectivity index (χ4v) is 1.57. The van der Waals surface area contributed by atoms with Crippen LogP contribution in [0.2, 0.25) is 0 Å². The molecular weight excluding hydrogens is 247 g/mol. The Morgan fingerprint density at radius 2 is 1.82 bits per heavy atom. The van der Waals surface area contributed by atoms with Gasteiger partial charge < -0.3 is 0 Å². The molecule has 0 nitrogen and oxygen atoms in total. The van der Waals surface area contributed by atoms with Crippen LogP contribution in [-0.4, -0.2) is 4.43 Å². The Labute approximate surface area is 83.9 Å². The first kappa shape index (κ1) is 11.2. The summed E-state index contributed by atoms with van der Waals surface area (Å²) < 4.78 is 1.14. The highest BCUT2D eigenvalue weighted by atomic mass is 127. The van der Waals surface area contributed by atoms with E-state index in [0.29, 0.717) is 0 Å². The molecule has 0 rings (SSSR count). The minimum absolute atomic E-state index is 1.14. The molecule has 0 aromatic carbocycles. The molecule has 64 valence electrons. The second kappa shape index (κ2) is 6.89. The molecule has 0 aliphatic rings.